The number of halogens is 8. The molecule has 1 aromatic carbocycles. The maximum atomic E-state index is 9.87. The van der Waals surface area contributed by atoms with Crippen LogP contribution >= 0.6 is 31.0 Å². The molecule has 0 heterocycles. The monoisotopic (exact) mass is 420 g/mol. The number of amidine groups is 1. The normalized spacial score (nSPS) is 13.9. The molecular formula is C12H17Cl2F6N2OP. The van der Waals surface area contributed by atoms with Crippen LogP contribution in [0.25, 0.3) is 0 Å². The Labute approximate surface area is 145 Å². The van der Waals surface area contributed by atoms with Crippen molar-refractivity contribution in [3.8, 4) is 5.75 Å². The van der Waals surface area contributed by atoms with E-state index in [4.69, 9.17) is 27.9 Å². The second-order valence-corrected chi connectivity index (χ2v) is 7.92. The van der Waals surface area contributed by atoms with Gasteiger partial charge >= 0.3 is 39.0 Å². The van der Waals surface area contributed by atoms with Crippen molar-refractivity contribution in [2.45, 2.75) is 6.92 Å². The first-order valence-corrected chi connectivity index (χ1v) is 8.98. The van der Waals surface area contributed by atoms with E-state index in [-0.39, 0.29) is 0 Å². The van der Waals surface area contributed by atoms with E-state index in [9.17, 15) is 25.2 Å². The molecule has 3 nitrogen and oxygen atoms in total. The minimum atomic E-state index is -10.7. The molecule has 0 aromatic heterocycles. The molecule has 24 heavy (non-hydrogen) atoms. The van der Waals surface area contributed by atoms with Gasteiger partial charge in [-0.05, 0) is 24.6 Å². The van der Waals surface area contributed by atoms with Gasteiger partial charge in [-0.25, -0.2) is 9.48 Å². The Hall–Kier alpha value is -0.920. The van der Waals surface area contributed by atoms with Crippen molar-refractivity contribution in [3.63, 3.8) is 0 Å². The van der Waals surface area contributed by atoms with Crippen molar-refractivity contribution in [1.29, 1.82) is 0 Å². The summed E-state index contributed by atoms with van der Waals surface area (Å²) in [6.07, 6.45) is 0. The maximum absolute atomic E-state index is 10.7. The summed E-state index contributed by atoms with van der Waals surface area (Å²) in [5.41, 5.74) is 1.00. The average molecular weight is 421 g/mol. The summed E-state index contributed by atoms with van der Waals surface area (Å²) < 4.78 is 66.8. The number of ether oxygens (including phenoxy) is 1. The Morgan fingerprint density at radius 2 is 1.33 bits per heavy atom. The van der Waals surface area contributed by atoms with E-state index in [1.807, 2.05) is 56.7 Å². The molecule has 0 atom stereocenters. The van der Waals surface area contributed by atoms with E-state index in [1.54, 1.807) is 0 Å². The summed E-state index contributed by atoms with van der Waals surface area (Å²) in [5.74, 6) is 0.483. The fraction of sp³-hybridized carbons (Fsp3) is 0.417. The van der Waals surface area contributed by atoms with Crippen LogP contribution in [-0.2, 0) is 0 Å². The van der Waals surface area contributed by atoms with Gasteiger partial charge in [0.25, 0.3) is 0 Å². The number of nitrogens with zero attached hydrogens (tertiary/aromatic N) is 2. The fourth-order valence-electron chi connectivity index (χ4n) is 1.46. The predicted molar refractivity (Wildman–Crippen MR) is 86.2 cm³/mol. The first kappa shape index (κ1) is 23.1. The molecule has 0 saturated carbocycles. The van der Waals surface area contributed by atoms with Crippen LogP contribution in [0, 0.1) is 6.92 Å². The van der Waals surface area contributed by atoms with Crippen LogP contribution in [0.15, 0.2) is 12.1 Å². The molecule has 0 aliphatic heterocycles. The van der Waals surface area contributed by atoms with Crippen LogP contribution in [-0.4, -0.2) is 43.7 Å². The van der Waals surface area contributed by atoms with E-state index in [1.165, 1.54) is 0 Å². The van der Waals surface area contributed by atoms with Gasteiger partial charge in [-0.15, -0.1) is 0 Å². The van der Waals surface area contributed by atoms with Gasteiger partial charge in [0, 0.05) is 0 Å². The van der Waals surface area contributed by atoms with Gasteiger partial charge in [0.05, 0.1) is 38.2 Å². The molecule has 1 rings (SSSR count). The van der Waals surface area contributed by atoms with Crippen molar-refractivity contribution in [2.75, 3.05) is 28.2 Å². The van der Waals surface area contributed by atoms with Crippen LogP contribution in [0.4, 0.5) is 25.2 Å². The van der Waals surface area contributed by atoms with Crippen LogP contribution in [0.1, 0.15) is 5.56 Å². The zero-order valence-electron chi connectivity index (χ0n) is 13.4. The van der Waals surface area contributed by atoms with Crippen molar-refractivity contribution in [3.05, 3.63) is 27.7 Å². The molecule has 1 aromatic rings. The molecular weight excluding hydrogens is 404 g/mol. The van der Waals surface area contributed by atoms with Gasteiger partial charge in [0.2, 0.25) is 0 Å². The zero-order chi connectivity index (χ0) is 19.6. The molecule has 0 bridgehead atoms. The number of hydrogen-bond acceptors (Lipinski definition) is 1. The van der Waals surface area contributed by atoms with E-state index >= 15 is 0 Å². The second kappa shape index (κ2) is 6.77. The minimum absolute atomic E-state index is 0.483. The van der Waals surface area contributed by atoms with Crippen LogP contribution in [0.2, 0.25) is 10.0 Å². The number of benzene rings is 1. The summed E-state index contributed by atoms with van der Waals surface area (Å²) in [6.45, 7) is 1.93. The van der Waals surface area contributed by atoms with Crippen molar-refractivity contribution < 1.29 is 34.5 Å². The third-order valence-electron chi connectivity index (χ3n) is 2.10. The SMILES string of the molecule is Cc1cc(Cl)c(OC(N(C)C)=[N+](C)C)c(Cl)c1.F[P-](F)(F)(F)(F)F. The first-order valence-electron chi connectivity index (χ1n) is 6.19. The third kappa shape index (κ3) is 11.6. The van der Waals surface area contributed by atoms with Crippen molar-refractivity contribution in [2.24, 2.45) is 0 Å². The van der Waals surface area contributed by atoms with Gasteiger partial charge < -0.3 is 4.74 Å². The molecule has 142 valence electrons. The third-order valence-corrected chi connectivity index (χ3v) is 2.66. The van der Waals surface area contributed by atoms with Gasteiger partial charge in [0.1, 0.15) is 0 Å². The van der Waals surface area contributed by atoms with Gasteiger partial charge in [-0.1, -0.05) is 23.2 Å². The predicted octanol–water partition coefficient (Wildman–Crippen LogP) is 6.25. The Morgan fingerprint density at radius 3 is 1.58 bits per heavy atom. The summed E-state index contributed by atoms with van der Waals surface area (Å²) >= 11 is 12.3. The molecule has 0 aliphatic rings. The van der Waals surface area contributed by atoms with Gasteiger partial charge in [-0.3, -0.25) is 0 Å². The molecule has 0 amide bonds. The quantitative estimate of drug-likeness (QED) is 0.175. The second-order valence-electron chi connectivity index (χ2n) is 5.19. The zero-order valence-corrected chi connectivity index (χ0v) is 15.8. The van der Waals surface area contributed by atoms with Crippen molar-refractivity contribution in [1.82, 2.24) is 4.90 Å². The summed E-state index contributed by atoms with van der Waals surface area (Å²) in [5, 5.41) is 1.02. The number of rotatable bonds is 1. The molecule has 0 aliphatic carbocycles. The molecule has 0 unspecified atom stereocenters. The molecule has 0 N–H and O–H groups in total. The topological polar surface area (TPSA) is 15.5 Å². The van der Waals surface area contributed by atoms with Crippen molar-refractivity contribution >= 4 is 37.0 Å². The molecule has 0 spiro atoms. The molecule has 0 radical (unpaired) electrons. The molecule has 12 heteroatoms. The Bertz CT molecular complexity index is 608. The van der Waals surface area contributed by atoms with E-state index in [0.717, 1.165) is 5.56 Å². The number of hydrogen-bond donors (Lipinski definition) is 0. The molecule has 0 saturated heterocycles. The summed E-state index contributed by atoms with van der Waals surface area (Å²) in [7, 11) is -3.08. The standard InChI is InChI=1S/C12H17Cl2N2O.F6P/c1-8-6-9(13)11(10(14)7-8)17-12(15(2)3)16(4)5;1-7(2,3,4,5)6/h6-7H,1-5H3;/q+1;-1. The van der Waals surface area contributed by atoms with E-state index in [0.29, 0.717) is 21.8 Å². The van der Waals surface area contributed by atoms with Crippen LogP contribution in [0.5, 0.6) is 5.75 Å². The summed E-state index contributed by atoms with van der Waals surface area (Å²) in [6, 6.07) is 4.31. The van der Waals surface area contributed by atoms with Gasteiger partial charge in [-0.2, -0.15) is 0 Å². The van der Waals surface area contributed by atoms with E-state index < -0.39 is 7.81 Å². The summed E-state index contributed by atoms with van der Waals surface area (Å²) in [4.78, 5) is 1.85. The fourth-order valence-corrected chi connectivity index (χ4v) is 2.13. The first-order chi connectivity index (χ1) is 10.3. The average Bonchev–Trinajstić information content (AvgIpc) is 2.21. The van der Waals surface area contributed by atoms with E-state index in [2.05, 4.69) is 0 Å². The van der Waals surface area contributed by atoms with Crippen LogP contribution < -0.4 is 4.74 Å². The Morgan fingerprint density at radius 1 is 1.00 bits per heavy atom. The van der Waals surface area contributed by atoms with Crippen LogP contribution in [0.3, 0.4) is 0 Å². The number of aryl methyl sites for hydroxylation is 1. The Kier molecular flexibility index (Phi) is 6.51. The Balaban J connectivity index is 0.000000640. The molecule has 0 fully saturated rings. The van der Waals surface area contributed by atoms with Gasteiger partial charge in [0.15, 0.2) is 5.75 Å².